The third kappa shape index (κ3) is 2.56. The molecule has 1 atom stereocenters. The smallest absolute Gasteiger partial charge is 0.225 e. The molecule has 0 bridgehead atoms. The SMILES string of the molecule is O=C(NCCn1ccnc1C1CC1)[C@H]1CCOC1. The van der Waals surface area contributed by atoms with E-state index in [2.05, 4.69) is 14.9 Å². The average molecular weight is 249 g/mol. The van der Waals surface area contributed by atoms with E-state index < -0.39 is 0 Å². The molecule has 1 aromatic heterocycles. The molecule has 1 amide bonds. The second-order valence-corrected chi connectivity index (χ2v) is 5.10. The number of imidazole rings is 1. The molecule has 0 aromatic carbocycles. The lowest BCUT2D eigenvalue weighted by atomic mass is 10.1. The largest absolute Gasteiger partial charge is 0.381 e. The summed E-state index contributed by atoms with van der Waals surface area (Å²) in [5.74, 6) is 2.00. The monoisotopic (exact) mass is 249 g/mol. The van der Waals surface area contributed by atoms with Crippen LogP contribution in [-0.4, -0.2) is 35.2 Å². The van der Waals surface area contributed by atoms with Crippen LogP contribution < -0.4 is 5.32 Å². The molecule has 3 rings (SSSR count). The number of aromatic nitrogens is 2. The lowest BCUT2D eigenvalue weighted by Crippen LogP contribution is -2.33. The molecule has 1 aliphatic carbocycles. The van der Waals surface area contributed by atoms with Gasteiger partial charge in [0.2, 0.25) is 5.91 Å². The van der Waals surface area contributed by atoms with Crippen LogP contribution in [0.1, 0.15) is 31.0 Å². The molecule has 98 valence electrons. The van der Waals surface area contributed by atoms with Crippen molar-refractivity contribution in [3.8, 4) is 0 Å². The fourth-order valence-corrected chi connectivity index (χ4v) is 2.40. The minimum absolute atomic E-state index is 0.0516. The maximum absolute atomic E-state index is 11.8. The summed E-state index contributed by atoms with van der Waals surface area (Å²) >= 11 is 0. The van der Waals surface area contributed by atoms with Crippen LogP contribution >= 0.6 is 0 Å². The van der Waals surface area contributed by atoms with Crippen molar-refractivity contribution in [1.29, 1.82) is 0 Å². The molecule has 1 aliphatic heterocycles. The molecule has 5 nitrogen and oxygen atoms in total. The first-order valence-electron chi connectivity index (χ1n) is 6.71. The summed E-state index contributed by atoms with van der Waals surface area (Å²) < 4.78 is 7.37. The normalized spacial score (nSPS) is 23.2. The van der Waals surface area contributed by atoms with Gasteiger partial charge < -0.3 is 14.6 Å². The predicted octanol–water partition coefficient (Wildman–Crippen LogP) is 0.913. The molecule has 1 saturated carbocycles. The van der Waals surface area contributed by atoms with Crippen LogP contribution in [0.4, 0.5) is 0 Å². The number of carbonyl (C=O) groups excluding carboxylic acids is 1. The van der Waals surface area contributed by atoms with Crippen LogP contribution in [0.3, 0.4) is 0 Å². The number of amides is 1. The second kappa shape index (κ2) is 5.10. The van der Waals surface area contributed by atoms with Crippen LogP contribution in [0, 0.1) is 5.92 Å². The number of hydrogen-bond acceptors (Lipinski definition) is 3. The van der Waals surface area contributed by atoms with Crippen molar-refractivity contribution in [3.63, 3.8) is 0 Å². The van der Waals surface area contributed by atoms with Gasteiger partial charge in [0.1, 0.15) is 5.82 Å². The van der Waals surface area contributed by atoms with Gasteiger partial charge >= 0.3 is 0 Å². The average Bonchev–Trinajstić information content (AvgIpc) is 2.92. The van der Waals surface area contributed by atoms with Crippen LogP contribution in [0.15, 0.2) is 12.4 Å². The zero-order valence-electron chi connectivity index (χ0n) is 10.5. The Balaban J connectivity index is 1.46. The molecule has 1 saturated heterocycles. The number of carbonyl (C=O) groups is 1. The summed E-state index contributed by atoms with van der Waals surface area (Å²) in [6, 6.07) is 0. The van der Waals surface area contributed by atoms with Crippen molar-refractivity contribution in [2.45, 2.75) is 31.7 Å². The lowest BCUT2D eigenvalue weighted by Gasteiger charge is -2.11. The molecule has 0 spiro atoms. The molecule has 2 fully saturated rings. The Morgan fingerprint density at radius 3 is 3.11 bits per heavy atom. The quantitative estimate of drug-likeness (QED) is 0.844. The van der Waals surface area contributed by atoms with E-state index in [1.165, 1.54) is 18.7 Å². The van der Waals surface area contributed by atoms with E-state index in [1.807, 2.05) is 12.4 Å². The van der Waals surface area contributed by atoms with Crippen molar-refractivity contribution < 1.29 is 9.53 Å². The summed E-state index contributed by atoms with van der Waals surface area (Å²) in [6.07, 6.45) is 7.20. The molecule has 1 aromatic rings. The predicted molar refractivity (Wildman–Crippen MR) is 66.1 cm³/mol. The molecule has 0 radical (unpaired) electrons. The Labute approximate surface area is 107 Å². The summed E-state index contributed by atoms with van der Waals surface area (Å²) in [7, 11) is 0. The van der Waals surface area contributed by atoms with E-state index in [1.54, 1.807) is 0 Å². The van der Waals surface area contributed by atoms with E-state index in [9.17, 15) is 4.79 Å². The van der Waals surface area contributed by atoms with Gasteiger partial charge in [0.15, 0.2) is 0 Å². The molecule has 2 aliphatic rings. The Bertz CT molecular complexity index is 420. The molecule has 1 N–H and O–H groups in total. The molecular formula is C13H19N3O2. The number of rotatable bonds is 5. The maximum Gasteiger partial charge on any atom is 0.225 e. The van der Waals surface area contributed by atoms with Crippen molar-refractivity contribution in [3.05, 3.63) is 18.2 Å². The summed E-state index contributed by atoms with van der Waals surface area (Å²) in [6.45, 7) is 2.77. The van der Waals surface area contributed by atoms with Gasteiger partial charge in [-0.05, 0) is 19.3 Å². The second-order valence-electron chi connectivity index (χ2n) is 5.10. The first kappa shape index (κ1) is 11.7. The van der Waals surface area contributed by atoms with E-state index in [0.717, 1.165) is 13.0 Å². The highest BCUT2D eigenvalue weighted by atomic mass is 16.5. The van der Waals surface area contributed by atoms with Gasteiger partial charge in [0.05, 0.1) is 12.5 Å². The van der Waals surface area contributed by atoms with E-state index in [0.29, 0.717) is 25.7 Å². The number of nitrogens with zero attached hydrogens (tertiary/aromatic N) is 2. The molecule has 5 heteroatoms. The van der Waals surface area contributed by atoms with Crippen LogP contribution in [0.2, 0.25) is 0 Å². The van der Waals surface area contributed by atoms with Crippen LogP contribution in [0.5, 0.6) is 0 Å². The summed E-state index contributed by atoms with van der Waals surface area (Å²) in [5, 5.41) is 2.98. The highest BCUT2D eigenvalue weighted by Gasteiger charge is 2.28. The zero-order chi connectivity index (χ0) is 12.4. The molecule has 18 heavy (non-hydrogen) atoms. The third-order valence-electron chi connectivity index (χ3n) is 3.64. The number of nitrogens with one attached hydrogen (secondary N) is 1. The first-order valence-corrected chi connectivity index (χ1v) is 6.71. The Hall–Kier alpha value is -1.36. The maximum atomic E-state index is 11.8. The Morgan fingerprint density at radius 2 is 2.39 bits per heavy atom. The third-order valence-corrected chi connectivity index (χ3v) is 3.64. The van der Waals surface area contributed by atoms with Crippen molar-refractivity contribution in [2.24, 2.45) is 5.92 Å². The molecule has 2 heterocycles. The van der Waals surface area contributed by atoms with Gasteiger partial charge in [-0.15, -0.1) is 0 Å². The number of hydrogen-bond donors (Lipinski definition) is 1. The molecular weight excluding hydrogens is 230 g/mol. The fourth-order valence-electron chi connectivity index (χ4n) is 2.40. The van der Waals surface area contributed by atoms with E-state index >= 15 is 0 Å². The van der Waals surface area contributed by atoms with Gasteiger partial charge in [-0.1, -0.05) is 0 Å². The van der Waals surface area contributed by atoms with Crippen LogP contribution in [-0.2, 0) is 16.1 Å². The van der Waals surface area contributed by atoms with Crippen LogP contribution in [0.25, 0.3) is 0 Å². The minimum atomic E-state index is 0.0516. The Kier molecular flexibility index (Phi) is 3.32. The van der Waals surface area contributed by atoms with Crippen molar-refractivity contribution in [1.82, 2.24) is 14.9 Å². The zero-order valence-corrected chi connectivity index (χ0v) is 10.5. The lowest BCUT2D eigenvalue weighted by molar-refractivity contribution is -0.124. The number of ether oxygens (including phenoxy) is 1. The highest BCUT2D eigenvalue weighted by molar-refractivity contribution is 5.78. The van der Waals surface area contributed by atoms with E-state index in [4.69, 9.17) is 4.74 Å². The van der Waals surface area contributed by atoms with E-state index in [-0.39, 0.29) is 11.8 Å². The van der Waals surface area contributed by atoms with Gasteiger partial charge in [-0.25, -0.2) is 4.98 Å². The van der Waals surface area contributed by atoms with Gasteiger partial charge in [0, 0.05) is 38.0 Å². The first-order chi connectivity index (χ1) is 8.84. The van der Waals surface area contributed by atoms with Gasteiger partial charge in [0.25, 0.3) is 0 Å². The molecule has 0 unspecified atom stereocenters. The van der Waals surface area contributed by atoms with Gasteiger partial charge in [-0.3, -0.25) is 4.79 Å². The highest BCUT2D eigenvalue weighted by Crippen LogP contribution is 2.38. The van der Waals surface area contributed by atoms with Crippen molar-refractivity contribution in [2.75, 3.05) is 19.8 Å². The van der Waals surface area contributed by atoms with Gasteiger partial charge in [-0.2, -0.15) is 0 Å². The topological polar surface area (TPSA) is 56.2 Å². The summed E-state index contributed by atoms with van der Waals surface area (Å²) in [4.78, 5) is 16.2. The fraction of sp³-hybridized carbons (Fsp3) is 0.692. The Morgan fingerprint density at radius 1 is 1.50 bits per heavy atom. The van der Waals surface area contributed by atoms with Crippen molar-refractivity contribution >= 4 is 5.91 Å². The standard InChI is InChI=1S/C13H19N3O2/c17-13(11-3-8-18-9-11)15-5-7-16-6-4-14-12(16)10-1-2-10/h4,6,10-11H,1-3,5,7-9H2,(H,15,17)/t11-/m0/s1. The summed E-state index contributed by atoms with van der Waals surface area (Å²) in [5.41, 5.74) is 0. The minimum Gasteiger partial charge on any atom is -0.381 e.